The summed E-state index contributed by atoms with van der Waals surface area (Å²) < 4.78 is 35.7. The molecule has 0 aliphatic heterocycles. The summed E-state index contributed by atoms with van der Waals surface area (Å²) >= 11 is 0. The first-order valence-corrected chi connectivity index (χ1v) is 6.73. The number of halogens is 1. The van der Waals surface area contributed by atoms with Crippen LogP contribution in [0.3, 0.4) is 0 Å². The number of primary sulfonamides is 1. The molecule has 0 bridgehead atoms. The number of carboxylic acids is 1. The minimum atomic E-state index is -4.00. The van der Waals surface area contributed by atoms with Crippen LogP contribution in [0.25, 0.3) is 0 Å². The van der Waals surface area contributed by atoms with Crippen molar-refractivity contribution in [1.82, 2.24) is 0 Å². The normalized spacial score (nSPS) is 12.7. The first-order chi connectivity index (χ1) is 8.75. The molecule has 0 aliphatic rings. The highest BCUT2D eigenvalue weighted by Gasteiger charge is 2.18. The molecule has 0 saturated heterocycles. The molecule has 1 atom stereocenters. The summed E-state index contributed by atoms with van der Waals surface area (Å²) in [6.07, 6.45) is 1.47. The highest BCUT2D eigenvalue weighted by molar-refractivity contribution is 7.89. The van der Waals surface area contributed by atoms with Gasteiger partial charge in [0.05, 0.1) is 10.6 Å². The molecule has 0 fully saturated rings. The van der Waals surface area contributed by atoms with Crippen molar-refractivity contribution < 1.29 is 22.7 Å². The zero-order valence-corrected chi connectivity index (χ0v) is 10.7. The quantitative estimate of drug-likeness (QED) is 0.674. The van der Waals surface area contributed by atoms with Crippen LogP contribution in [-0.4, -0.2) is 25.5 Å². The van der Waals surface area contributed by atoms with Crippen LogP contribution in [0.4, 0.5) is 10.1 Å². The van der Waals surface area contributed by atoms with Gasteiger partial charge in [-0.15, -0.1) is 6.58 Å². The minimum Gasteiger partial charge on any atom is -0.480 e. The Kier molecular flexibility index (Phi) is 4.62. The molecule has 6 nitrogen and oxygen atoms in total. The molecule has 0 aromatic heterocycles. The molecule has 1 rings (SSSR count). The van der Waals surface area contributed by atoms with Crippen LogP contribution in [-0.2, 0) is 14.8 Å². The van der Waals surface area contributed by atoms with E-state index in [2.05, 4.69) is 11.9 Å². The van der Waals surface area contributed by atoms with Gasteiger partial charge >= 0.3 is 5.97 Å². The van der Waals surface area contributed by atoms with E-state index in [0.717, 1.165) is 18.2 Å². The van der Waals surface area contributed by atoms with Crippen molar-refractivity contribution in [2.24, 2.45) is 5.14 Å². The second-order valence-corrected chi connectivity index (χ2v) is 5.31. The molecule has 0 saturated carbocycles. The molecule has 0 aliphatic carbocycles. The monoisotopic (exact) mass is 288 g/mol. The molecule has 1 aromatic rings. The van der Waals surface area contributed by atoms with Crippen LogP contribution in [0.1, 0.15) is 6.42 Å². The summed E-state index contributed by atoms with van der Waals surface area (Å²) in [5, 5.41) is 16.2. The molecule has 1 unspecified atom stereocenters. The number of anilines is 1. The van der Waals surface area contributed by atoms with Crippen LogP contribution in [0.5, 0.6) is 0 Å². The van der Waals surface area contributed by atoms with E-state index >= 15 is 0 Å². The molecule has 4 N–H and O–H groups in total. The highest BCUT2D eigenvalue weighted by atomic mass is 32.2. The number of sulfonamides is 1. The maximum absolute atomic E-state index is 13.6. The number of hydrogen-bond acceptors (Lipinski definition) is 4. The Hall–Kier alpha value is -1.93. The standard InChI is InChI=1S/C11H13FN2O4S/c1-2-3-10(11(15)16)14-9-5-4-7(6-8(9)12)19(13,17)18/h2,4-6,10,14H,1,3H2,(H,15,16)(H2,13,17,18). The molecule has 1 aromatic carbocycles. The molecule has 104 valence electrons. The molecular formula is C11H13FN2O4S. The summed E-state index contributed by atoms with van der Waals surface area (Å²) in [6.45, 7) is 3.40. The topological polar surface area (TPSA) is 109 Å². The smallest absolute Gasteiger partial charge is 0.326 e. The number of aliphatic carboxylic acids is 1. The van der Waals surface area contributed by atoms with Gasteiger partial charge in [0.15, 0.2) is 0 Å². The molecular weight excluding hydrogens is 275 g/mol. The first kappa shape index (κ1) is 15.1. The number of nitrogens with one attached hydrogen (secondary N) is 1. The predicted molar refractivity (Wildman–Crippen MR) is 67.6 cm³/mol. The van der Waals surface area contributed by atoms with Gasteiger partial charge in [-0.05, 0) is 24.6 Å². The fraction of sp³-hybridized carbons (Fsp3) is 0.182. The first-order valence-electron chi connectivity index (χ1n) is 5.18. The van der Waals surface area contributed by atoms with Gasteiger partial charge in [0, 0.05) is 0 Å². The molecule has 8 heteroatoms. The Morgan fingerprint density at radius 2 is 2.21 bits per heavy atom. The Bertz CT molecular complexity index is 601. The molecule has 0 amide bonds. The average molecular weight is 288 g/mol. The third-order valence-electron chi connectivity index (χ3n) is 2.30. The van der Waals surface area contributed by atoms with Crippen LogP contribution >= 0.6 is 0 Å². The van der Waals surface area contributed by atoms with Gasteiger partial charge in [-0.1, -0.05) is 6.08 Å². The molecule has 0 heterocycles. The second kappa shape index (κ2) is 5.81. The Morgan fingerprint density at radius 1 is 1.58 bits per heavy atom. The minimum absolute atomic E-state index is 0.0890. The number of carboxylic acid groups (broad SMARTS) is 1. The molecule has 0 radical (unpaired) electrons. The van der Waals surface area contributed by atoms with E-state index in [0.29, 0.717) is 0 Å². The maximum Gasteiger partial charge on any atom is 0.326 e. The van der Waals surface area contributed by atoms with Crippen LogP contribution in [0.2, 0.25) is 0 Å². The van der Waals surface area contributed by atoms with Crippen LogP contribution in [0.15, 0.2) is 35.7 Å². The van der Waals surface area contributed by atoms with Gasteiger partial charge in [-0.25, -0.2) is 22.7 Å². The van der Waals surface area contributed by atoms with Gasteiger partial charge in [0.1, 0.15) is 11.9 Å². The number of carbonyl (C=O) groups is 1. The second-order valence-electron chi connectivity index (χ2n) is 3.75. The summed E-state index contributed by atoms with van der Waals surface area (Å²) in [6, 6.07) is 1.89. The SMILES string of the molecule is C=CCC(Nc1ccc(S(N)(=O)=O)cc1F)C(=O)O. The number of rotatable bonds is 6. The average Bonchev–Trinajstić information content (AvgIpc) is 2.29. The van der Waals surface area contributed by atoms with E-state index in [9.17, 15) is 17.6 Å². The molecule has 0 spiro atoms. The fourth-order valence-electron chi connectivity index (χ4n) is 1.37. The Labute approximate surface area is 109 Å². The van der Waals surface area contributed by atoms with Gasteiger partial charge in [-0.3, -0.25) is 0 Å². The van der Waals surface area contributed by atoms with Crippen molar-refractivity contribution in [2.75, 3.05) is 5.32 Å². The lowest BCUT2D eigenvalue weighted by atomic mass is 10.2. The van der Waals surface area contributed by atoms with Gasteiger partial charge in [-0.2, -0.15) is 0 Å². The van der Waals surface area contributed by atoms with Crippen molar-refractivity contribution in [3.8, 4) is 0 Å². The van der Waals surface area contributed by atoms with Gasteiger partial charge in [0.25, 0.3) is 0 Å². The van der Waals surface area contributed by atoms with E-state index < -0.39 is 27.9 Å². The van der Waals surface area contributed by atoms with E-state index in [-0.39, 0.29) is 17.0 Å². The van der Waals surface area contributed by atoms with E-state index in [4.69, 9.17) is 10.2 Å². The number of benzene rings is 1. The molecule has 19 heavy (non-hydrogen) atoms. The Morgan fingerprint density at radius 3 is 2.63 bits per heavy atom. The van der Waals surface area contributed by atoms with E-state index in [1.807, 2.05) is 0 Å². The van der Waals surface area contributed by atoms with Crippen molar-refractivity contribution in [2.45, 2.75) is 17.4 Å². The third-order valence-corrected chi connectivity index (χ3v) is 3.21. The summed E-state index contributed by atoms with van der Waals surface area (Å²) in [5.41, 5.74) is -0.123. The van der Waals surface area contributed by atoms with Gasteiger partial charge < -0.3 is 10.4 Å². The number of hydrogen-bond donors (Lipinski definition) is 3. The summed E-state index contributed by atoms with van der Waals surface area (Å²) in [7, 11) is -4.00. The van der Waals surface area contributed by atoms with Crippen molar-refractivity contribution in [1.29, 1.82) is 0 Å². The number of nitrogens with two attached hydrogens (primary N) is 1. The predicted octanol–water partition coefficient (Wildman–Crippen LogP) is 0.914. The lowest BCUT2D eigenvalue weighted by molar-refractivity contribution is -0.137. The van der Waals surface area contributed by atoms with Crippen LogP contribution in [0, 0.1) is 5.82 Å². The van der Waals surface area contributed by atoms with Crippen molar-refractivity contribution in [3.05, 3.63) is 36.7 Å². The van der Waals surface area contributed by atoms with Crippen molar-refractivity contribution in [3.63, 3.8) is 0 Å². The highest BCUT2D eigenvalue weighted by Crippen LogP contribution is 2.19. The zero-order chi connectivity index (χ0) is 14.6. The van der Waals surface area contributed by atoms with Crippen LogP contribution < -0.4 is 10.5 Å². The van der Waals surface area contributed by atoms with E-state index in [1.54, 1.807) is 0 Å². The summed E-state index contributed by atoms with van der Waals surface area (Å²) in [5.74, 6) is -2.07. The lowest BCUT2D eigenvalue weighted by Gasteiger charge is -2.14. The van der Waals surface area contributed by atoms with E-state index in [1.165, 1.54) is 6.08 Å². The van der Waals surface area contributed by atoms with Crippen molar-refractivity contribution >= 4 is 21.7 Å². The van der Waals surface area contributed by atoms with Gasteiger partial charge in [0.2, 0.25) is 10.0 Å². The largest absolute Gasteiger partial charge is 0.480 e. The maximum atomic E-state index is 13.6. The fourth-order valence-corrected chi connectivity index (χ4v) is 1.89. The third kappa shape index (κ3) is 4.04. The zero-order valence-electron chi connectivity index (χ0n) is 9.84. The lowest BCUT2D eigenvalue weighted by Crippen LogP contribution is -2.29. The summed E-state index contributed by atoms with van der Waals surface area (Å²) in [4.78, 5) is 10.5. The Balaban J connectivity index is 3.03.